The van der Waals surface area contributed by atoms with E-state index in [1.807, 2.05) is 12.1 Å². The van der Waals surface area contributed by atoms with Gasteiger partial charge in [0.25, 0.3) is 0 Å². The Bertz CT molecular complexity index is 656. The van der Waals surface area contributed by atoms with E-state index in [2.05, 4.69) is 27.3 Å². The number of halogens is 1. The van der Waals surface area contributed by atoms with Gasteiger partial charge in [-0.05, 0) is 36.6 Å². The largest absolute Gasteiger partial charge is 0.351 e. The summed E-state index contributed by atoms with van der Waals surface area (Å²) in [7, 11) is 0. The monoisotopic (exact) mass is 300 g/mol. The highest BCUT2D eigenvalue weighted by atomic mass is 35.5. The maximum absolute atomic E-state index is 5.91. The maximum Gasteiger partial charge on any atom is 0.132 e. The lowest BCUT2D eigenvalue weighted by Gasteiger charge is -2.41. The Morgan fingerprint density at radius 2 is 2.10 bits per heavy atom. The summed E-state index contributed by atoms with van der Waals surface area (Å²) in [5.74, 6) is 1.14. The minimum atomic E-state index is 0.576. The van der Waals surface area contributed by atoms with Crippen LogP contribution in [0, 0.1) is 0 Å². The Kier molecular flexibility index (Phi) is 3.28. The Morgan fingerprint density at radius 1 is 1.19 bits per heavy atom. The van der Waals surface area contributed by atoms with Gasteiger partial charge < -0.3 is 10.2 Å². The van der Waals surface area contributed by atoms with Gasteiger partial charge in [-0.3, -0.25) is 4.98 Å². The van der Waals surface area contributed by atoms with Crippen molar-refractivity contribution < 1.29 is 0 Å². The third kappa shape index (κ3) is 2.39. The molecule has 4 nitrogen and oxygen atoms in total. The highest BCUT2D eigenvalue weighted by Gasteiger charge is 2.29. The van der Waals surface area contributed by atoms with Gasteiger partial charge in [0.2, 0.25) is 0 Å². The Morgan fingerprint density at radius 3 is 2.95 bits per heavy atom. The van der Waals surface area contributed by atoms with Crippen LogP contribution in [0.15, 0.2) is 30.5 Å². The SMILES string of the molecule is Clc1ccc(-c2ccc3c(n2)N2CCNCC2CC3)nc1. The number of aryl methyl sites for hydroxylation is 1. The average molecular weight is 301 g/mol. The topological polar surface area (TPSA) is 41.1 Å². The molecule has 0 bridgehead atoms. The molecule has 2 aliphatic heterocycles. The van der Waals surface area contributed by atoms with Gasteiger partial charge in [-0.2, -0.15) is 0 Å². The summed E-state index contributed by atoms with van der Waals surface area (Å²) >= 11 is 5.91. The lowest BCUT2D eigenvalue weighted by Crippen LogP contribution is -2.53. The van der Waals surface area contributed by atoms with Gasteiger partial charge in [0.1, 0.15) is 5.82 Å². The lowest BCUT2D eigenvalue weighted by atomic mass is 9.96. The van der Waals surface area contributed by atoms with Crippen molar-refractivity contribution in [3.63, 3.8) is 0 Å². The number of hydrogen-bond donors (Lipinski definition) is 1. The van der Waals surface area contributed by atoms with Crippen molar-refractivity contribution in [3.05, 3.63) is 41.0 Å². The number of pyridine rings is 2. The second-order valence-corrected chi connectivity index (χ2v) is 6.07. The minimum Gasteiger partial charge on any atom is -0.351 e. The average Bonchev–Trinajstić information content (AvgIpc) is 2.55. The molecule has 1 saturated heterocycles. The van der Waals surface area contributed by atoms with E-state index in [9.17, 15) is 0 Å². The molecule has 1 fully saturated rings. The Balaban J connectivity index is 1.74. The van der Waals surface area contributed by atoms with Crippen LogP contribution >= 0.6 is 11.6 Å². The summed E-state index contributed by atoms with van der Waals surface area (Å²) < 4.78 is 0. The number of piperazine rings is 1. The van der Waals surface area contributed by atoms with Crippen molar-refractivity contribution in [2.75, 3.05) is 24.5 Å². The van der Waals surface area contributed by atoms with Crippen LogP contribution in [0.1, 0.15) is 12.0 Å². The van der Waals surface area contributed by atoms with Crippen LogP contribution in [0.3, 0.4) is 0 Å². The second kappa shape index (κ2) is 5.28. The fourth-order valence-corrected chi connectivity index (χ4v) is 3.32. The first-order chi connectivity index (χ1) is 10.3. The zero-order chi connectivity index (χ0) is 14.2. The van der Waals surface area contributed by atoms with Gasteiger partial charge in [0.05, 0.1) is 16.4 Å². The molecule has 1 unspecified atom stereocenters. The molecule has 0 spiro atoms. The summed E-state index contributed by atoms with van der Waals surface area (Å²) in [4.78, 5) is 11.7. The van der Waals surface area contributed by atoms with Crippen LogP contribution in [-0.4, -0.2) is 35.6 Å². The summed E-state index contributed by atoms with van der Waals surface area (Å²) in [5.41, 5.74) is 3.15. The molecule has 1 atom stereocenters. The van der Waals surface area contributed by atoms with Gasteiger partial charge in [-0.15, -0.1) is 0 Å². The number of nitrogens with one attached hydrogen (secondary N) is 1. The number of nitrogens with zero attached hydrogens (tertiary/aromatic N) is 3. The standard InChI is InChI=1S/C16H17ClN4/c17-12-3-6-14(19-9-12)15-5-2-11-1-4-13-10-18-7-8-21(13)16(11)20-15/h2-3,5-6,9,13,18H,1,4,7-8,10H2. The molecule has 2 aromatic rings. The number of aromatic nitrogens is 2. The molecule has 0 amide bonds. The van der Waals surface area contributed by atoms with Crippen LogP contribution < -0.4 is 10.2 Å². The van der Waals surface area contributed by atoms with E-state index in [0.29, 0.717) is 11.1 Å². The summed E-state index contributed by atoms with van der Waals surface area (Å²) in [6.45, 7) is 3.12. The van der Waals surface area contributed by atoms with Gasteiger partial charge >= 0.3 is 0 Å². The molecule has 0 radical (unpaired) electrons. The van der Waals surface area contributed by atoms with Crippen molar-refractivity contribution in [2.45, 2.75) is 18.9 Å². The van der Waals surface area contributed by atoms with Crippen molar-refractivity contribution in [1.29, 1.82) is 0 Å². The zero-order valence-electron chi connectivity index (χ0n) is 11.7. The van der Waals surface area contributed by atoms with E-state index < -0.39 is 0 Å². The highest BCUT2D eigenvalue weighted by molar-refractivity contribution is 6.30. The van der Waals surface area contributed by atoms with E-state index in [1.54, 1.807) is 6.20 Å². The Labute approximate surface area is 129 Å². The lowest BCUT2D eigenvalue weighted by molar-refractivity contribution is 0.436. The third-order valence-electron chi connectivity index (χ3n) is 4.31. The van der Waals surface area contributed by atoms with Gasteiger partial charge in [-0.1, -0.05) is 17.7 Å². The molecule has 0 saturated carbocycles. The quantitative estimate of drug-likeness (QED) is 0.879. The molecule has 21 heavy (non-hydrogen) atoms. The molecular weight excluding hydrogens is 284 g/mol. The molecule has 5 heteroatoms. The zero-order valence-corrected chi connectivity index (χ0v) is 12.5. The van der Waals surface area contributed by atoms with Crippen LogP contribution in [-0.2, 0) is 6.42 Å². The van der Waals surface area contributed by atoms with Crippen LogP contribution in [0.5, 0.6) is 0 Å². The van der Waals surface area contributed by atoms with Gasteiger partial charge in [-0.25, -0.2) is 4.98 Å². The predicted molar refractivity (Wildman–Crippen MR) is 84.8 cm³/mol. The van der Waals surface area contributed by atoms with Crippen molar-refractivity contribution in [3.8, 4) is 11.4 Å². The van der Waals surface area contributed by atoms with Crippen LogP contribution in [0.4, 0.5) is 5.82 Å². The first-order valence-electron chi connectivity index (χ1n) is 7.40. The van der Waals surface area contributed by atoms with E-state index in [0.717, 1.165) is 43.3 Å². The third-order valence-corrected chi connectivity index (χ3v) is 4.54. The van der Waals surface area contributed by atoms with E-state index in [1.165, 1.54) is 12.0 Å². The summed E-state index contributed by atoms with van der Waals surface area (Å²) in [5, 5.41) is 4.12. The fourth-order valence-electron chi connectivity index (χ4n) is 3.21. The molecule has 1 N–H and O–H groups in total. The summed E-state index contributed by atoms with van der Waals surface area (Å²) in [6.07, 6.45) is 3.99. The molecule has 0 aliphatic carbocycles. The minimum absolute atomic E-state index is 0.576. The highest BCUT2D eigenvalue weighted by Crippen LogP contribution is 2.31. The number of anilines is 1. The molecule has 2 aliphatic rings. The van der Waals surface area contributed by atoms with E-state index in [4.69, 9.17) is 16.6 Å². The van der Waals surface area contributed by atoms with E-state index in [-0.39, 0.29) is 0 Å². The fraction of sp³-hybridized carbons (Fsp3) is 0.375. The molecule has 4 rings (SSSR count). The van der Waals surface area contributed by atoms with Crippen LogP contribution in [0.25, 0.3) is 11.4 Å². The molecule has 2 aromatic heterocycles. The first kappa shape index (κ1) is 13.0. The van der Waals surface area contributed by atoms with Gasteiger partial charge in [0.15, 0.2) is 0 Å². The van der Waals surface area contributed by atoms with Gasteiger partial charge in [0, 0.05) is 31.9 Å². The predicted octanol–water partition coefficient (Wildman–Crippen LogP) is 2.52. The Hall–Kier alpha value is -1.65. The first-order valence-corrected chi connectivity index (χ1v) is 7.78. The number of fused-ring (bicyclic) bond motifs is 3. The van der Waals surface area contributed by atoms with Crippen molar-refractivity contribution in [1.82, 2.24) is 15.3 Å². The van der Waals surface area contributed by atoms with Crippen molar-refractivity contribution >= 4 is 17.4 Å². The molecule has 108 valence electrons. The van der Waals surface area contributed by atoms with Crippen molar-refractivity contribution in [2.24, 2.45) is 0 Å². The smallest absolute Gasteiger partial charge is 0.132 e. The maximum atomic E-state index is 5.91. The molecule has 0 aromatic carbocycles. The summed E-state index contributed by atoms with van der Waals surface area (Å²) in [6, 6.07) is 8.63. The molecular formula is C16H17ClN4. The number of rotatable bonds is 1. The van der Waals surface area contributed by atoms with Crippen LogP contribution in [0.2, 0.25) is 5.02 Å². The second-order valence-electron chi connectivity index (χ2n) is 5.63. The molecule has 4 heterocycles. The normalized spacial score (nSPS) is 20.8. The van der Waals surface area contributed by atoms with E-state index >= 15 is 0 Å². The number of hydrogen-bond acceptors (Lipinski definition) is 4.